The van der Waals surface area contributed by atoms with Gasteiger partial charge in [-0.2, -0.15) is 0 Å². The summed E-state index contributed by atoms with van der Waals surface area (Å²) in [5.74, 6) is -16.2. The minimum Gasteiger partial charge on any atom is -0.480 e. The molecule has 0 saturated carbocycles. The first-order valence-electron chi connectivity index (χ1n) is 31.0. The summed E-state index contributed by atoms with van der Waals surface area (Å²) < 4.78 is 34.0. The topological polar surface area (TPSA) is 353 Å². The zero-order valence-corrected chi connectivity index (χ0v) is 56.1. The van der Waals surface area contributed by atoms with Crippen LogP contribution in [0.25, 0.3) is 0 Å². The molecule has 0 radical (unpaired) electrons. The second-order valence-electron chi connectivity index (χ2n) is 25.4. The minimum absolute atomic E-state index is 0.0376. The predicted octanol–water partition coefficient (Wildman–Crippen LogP) is 5.26. The van der Waals surface area contributed by atoms with Crippen molar-refractivity contribution >= 4 is 71.3 Å². The van der Waals surface area contributed by atoms with Crippen molar-refractivity contribution < 1.29 is 91.1 Å². The van der Waals surface area contributed by atoms with Crippen LogP contribution in [0.2, 0.25) is 0 Å². The molecule has 0 unspecified atom stereocenters. The van der Waals surface area contributed by atoms with E-state index >= 15 is 0 Å². The number of benzene rings is 1. The van der Waals surface area contributed by atoms with Gasteiger partial charge in [-0.25, -0.2) is 28.8 Å². The van der Waals surface area contributed by atoms with E-state index in [1.54, 1.807) is 132 Å². The molecule has 0 heterocycles. The Kier molecular flexibility index (Phi) is 34.4. The fourth-order valence-electron chi connectivity index (χ4n) is 8.54. The van der Waals surface area contributed by atoms with Gasteiger partial charge >= 0.3 is 35.8 Å². The molecule has 1 rings (SSSR count). The molecule has 14 atom stereocenters. The number of carbonyl (C=O) groups excluding carboxylic acids is 11. The van der Waals surface area contributed by atoms with Gasteiger partial charge in [0.2, 0.25) is 5.91 Å². The van der Waals surface area contributed by atoms with Gasteiger partial charge in [0.15, 0.2) is 30.5 Å². The predicted molar refractivity (Wildman–Crippen MR) is 328 cm³/mol. The van der Waals surface area contributed by atoms with E-state index < -0.39 is 191 Å². The third kappa shape index (κ3) is 26.4. The second kappa shape index (κ2) is 38.4. The van der Waals surface area contributed by atoms with E-state index in [-0.39, 0.29) is 18.9 Å². The molecular weight excluding hydrogens is 1160 g/mol. The van der Waals surface area contributed by atoms with Crippen LogP contribution in [0.4, 0.5) is 0 Å². The number of ether oxygens (including phenoxy) is 6. The van der Waals surface area contributed by atoms with Crippen molar-refractivity contribution in [3.05, 3.63) is 35.9 Å². The zero-order chi connectivity index (χ0) is 68.5. The first-order chi connectivity index (χ1) is 41.3. The highest BCUT2D eigenvalue weighted by molar-refractivity contribution is 5.95. The van der Waals surface area contributed by atoms with E-state index in [4.69, 9.17) is 28.4 Å². The average Bonchev–Trinajstić information content (AvgIpc) is 1.68. The van der Waals surface area contributed by atoms with Crippen molar-refractivity contribution in [1.82, 2.24) is 31.9 Å². The summed E-state index contributed by atoms with van der Waals surface area (Å²) >= 11 is 0. The number of nitrogens with one attached hydrogen (secondary N) is 6. The third-order valence-electron chi connectivity index (χ3n) is 14.9. The number of carboxylic acids is 1. The van der Waals surface area contributed by atoms with Crippen molar-refractivity contribution in [2.24, 2.45) is 53.3 Å². The molecule has 0 spiro atoms. The highest BCUT2D eigenvalue weighted by Gasteiger charge is 2.41. The minimum atomic E-state index is -1.56. The largest absolute Gasteiger partial charge is 0.480 e. The van der Waals surface area contributed by atoms with E-state index in [1.807, 2.05) is 30.3 Å². The van der Waals surface area contributed by atoms with E-state index in [1.165, 1.54) is 13.8 Å². The number of aliphatic carboxylic acids is 1. The average molecular weight is 1260 g/mol. The maximum Gasteiger partial charge on any atom is 0.329 e. The van der Waals surface area contributed by atoms with Gasteiger partial charge in [-0.15, -0.1) is 0 Å². The van der Waals surface area contributed by atoms with E-state index in [9.17, 15) is 62.6 Å². The van der Waals surface area contributed by atoms with Crippen LogP contribution in [0.1, 0.15) is 170 Å². The lowest BCUT2D eigenvalue weighted by atomic mass is 9.98. The fraction of sp³-hybridized carbons (Fsp3) is 0.719. The van der Waals surface area contributed by atoms with Crippen LogP contribution in [0.5, 0.6) is 0 Å². The molecule has 0 aliphatic rings. The molecule has 25 nitrogen and oxygen atoms in total. The van der Waals surface area contributed by atoms with Gasteiger partial charge in [0.25, 0.3) is 29.5 Å². The smallest absolute Gasteiger partial charge is 0.329 e. The van der Waals surface area contributed by atoms with Crippen LogP contribution in [-0.2, 0) is 92.6 Å². The Morgan fingerprint density at radius 2 is 0.663 bits per heavy atom. The van der Waals surface area contributed by atoms with Crippen molar-refractivity contribution in [2.75, 3.05) is 0 Å². The van der Waals surface area contributed by atoms with Crippen LogP contribution in [0.3, 0.4) is 0 Å². The summed E-state index contributed by atoms with van der Waals surface area (Å²) in [6, 6.07) is 1.24. The number of amides is 6. The fourth-order valence-corrected chi connectivity index (χ4v) is 8.54. The summed E-state index contributed by atoms with van der Waals surface area (Å²) in [5.41, 5.74) is 0.845. The lowest BCUT2D eigenvalue weighted by Crippen LogP contribution is -2.55. The van der Waals surface area contributed by atoms with Gasteiger partial charge < -0.3 is 65.4 Å². The van der Waals surface area contributed by atoms with Gasteiger partial charge in [0.1, 0.15) is 42.4 Å². The Labute approximate surface area is 525 Å². The van der Waals surface area contributed by atoms with Gasteiger partial charge in [0, 0.05) is 11.8 Å². The van der Waals surface area contributed by atoms with Gasteiger partial charge in [-0.1, -0.05) is 155 Å². The number of hydrogen-bond acceptors (Lipinski definition) is 18. The Balaban J connectivity index is 3.21. The molecule has 25 heteroatoms. The first kappa shape index (κ1) is 79.8. The van der Waals surface area contributed by atoms with Gasteiger partial charge in [-0.3, -0.25) is 28.8 Å². The number of hydrogen-bond donors (Lipinski definition) is 7. The number of carbonyl (C=O) groups is 12. The van der Waals surface area contributed by atoms with Crippen LogP contribution in [-0.4, -0.2) is 149 Å². The summed E-state index contributed by atoms with van der Waals surface area (Å²) in [6.07, 6.45) is -7.70. The molecule has 6 amide bonds. The lowest BCUT2D eigenvalue weighted by Gasteiger charge is -2.30. The van der Waals surface area contributed by atoms with Gasteiger partial charge in [0.05, 0.1) is 6.61 Å². The standard InChI is InChI=1S/C64H104N6O19/c1-22-38(17)51(88-63(82)49(36(13)14)66-53(71)40(19)84-30-43-27-25-24-26-28-43)57(75)69-47(34(9)10)61(80)86-42(21)55(73)68-50(37(15)16)64(83)89-52(39(18)23-2)58(76)70-46(33(7)8)60(79)85-41(20)54(72)67-48(35(11)12)62(81)87-44(29-31(3)4)56(74)65-45(32(5)6)59(77)78/h24-28,31-42,44-52H,22-23,29-30H2,1-21H3,(H,65,74)(H,66,71)(H,67,72)(H,68,73)(H,69,75)(H,70,76)(H,77,78)/t38-,39-,40-,41-,42-,44+,45+,46+,47+,48-,49-,50-,51+,52+/m0/s1. The van der Waals surface area contributed by atoms with Crippen LogP contribution in [0, 0.1) is 53.3 Å². The zero-order valence-electron chi connectivity index (χ0n) is 56.1. The maximum absolute atomic E-state index is 14.1. The molecule has 89 heavy (non-hydrogen) atoms. The molecule has 0 aliphatic heterocycles. The van der Waals surface area contributed by atoms with Crippen molar-refractivity contribution in [2.45, 2.75) is 244 Å². The molecule has 504 valence electrons. The molecular formula is C64H104N6O19. The Morgan fingerprint density at radius 3 is 0.966 bits per heavy atom. The SMILES string of the molecule is CC[C@H](C)[C@@H](OC(=O)[C@@H](NC(=O)[C@H](C)OCc1ccccc1)C(C)C)C(=O)N[C@@H](C(=O)O[C@@H](C)C(=O)N[C@H](C(=O)O[C@@H](C(=O)N[C@@H](C(=O)O[C@@H](C)C(=O)N[C@H](C(=O)O[C@H](CC(C)C)C(=O)N[C@@H](C(=O)O)C(C)C)C(C)C)C(C)C)[C@@H](C)CC)C(C)C)C(C)C. The van der Waals surface area contributed by atoms with Crippen molar-refractivity contribution in [3.63, 3.8) is 0 Å². The second-order valence-corrected chi connectivity index (χ2v) is 25.4. The van der Waals surface area contributed by atoms with E-state index in [2.05, 4.69) is 31.9 Å². The van der Waals surface area contributed by atoms with Crippen LogP contribution >= 0.6 is 0 Å². The monoisotopic (exact) mass is 1260 g/mol. The molecule has 0 aromatic heterocycles. The number of carboxylic acid groups (broad SMARTS) is 1. The summed E-state index contributed by atoms with van der Waals surface area (Å²) in [6.45, 7) is 33.9. The first-order valence-corrected chi connectivity index (χ1v) is 31.0. The molecule has 0 bridgehead atoms. The quantitative estimate of drug-likeness (QED) is 0.0328. The van der Waals surface area contributed by atoms with Gasteiger partial charge in [-0.05, 0) is 87.0 Å². The molecule has 7 N–H and O–H groups in total. The molecule has 0 saturated heterocycles. The number of rotatable bonds is 38. The highest BCUT2D eigenvalue weighted by atomic mass is 16.6. The van der Waals surface area contributed by atoms with E-state index in [0.29, 0.717) is 12.8 Å². The summed E-state index contributed by atoms with van der Waals surface area (Å²) in [5, 5.41) is 25.0. The van der Waals surface area contributed by atoms with Crippen molar-refractivity contribution in [3.8, 4) is 0 Å². The van der Waals surface area contributed by atoms with Crippen LogP contribution < -0.4 is 31.9 Å². The van der Waals surface area contributed by atoms with Crippen molar-refractivity contribution in [1.29, 1.82) is 0 Å². The molecule has 1 aromatic rings. The Hall–Kier alpha value is -7.18. The maximum atomic E-state index is 14.1. The number of esters is 5. The third-order valence-corrected chi connectivity index (χ3v) is 14.9. The van der Waals surface area contributed by atoms with E-state index in [0.717, 1.165) is 5.56 Å². The molecule has 0 aliphatic carbocycles. The summed E-state index contributed by atoms with van der Waals surface area (Å²) in [7, 11) is 0. The Morgan fingerprint density at radius 1 is 0.371 bits per heavy atom. The highest BCUT2D eigenvalue weighted by Crippen LogP contribution is 2.21. The molecule has 0 fully saturated rings. The molecule has 1 aromatic carbocycles. The lowest BCUT2D eigenvalue weighted by molar-refractivity contribution is -0.167. The Bertz CT molecular complexity index is 2520. The summed E-state index contributed by atoms with van der Waals surface area (Å²) in [4.78, 5) is 163. The van der Waals surface area contributed by atoms with Crippen LogP contribution in [0.15, 0.2) is 30.3 Å². The normalized spacial score (nSPS) is 16.4.